The van der Waals surface area contributed by atoms with E-state index < -0.39 is 0 Å². The van der Waals surface area contributed by atoms with Gasteiger partial charge in [-0.2, -0.15) is 0 Å². The van der Waals surface area contributed by atoms with E-state index in [-0.39, 0.29) is 0 Å². The van der Waals surface area contributed by atoms with Crippen molar-refractivity contribution in [1.82, 2.24) is 9.55 Å². The van der Waals surface area contributed by atoms with E-state index >= 15 is 0 Å². The van der Waals surface area contributed by atoms with Gasteiger partial charge in [-0.1, -0.05) is 26.5 Å². The van der Waals surface area contributed by atoms with Crippen LogP contribution in [0.1, 0.15) is 20.8 Å². The van der Waals surface area contributed by atoms with Crippen LogP contribution in [0.3, 0.4) is 0 Å². The van der Waals surface area contributed by atoms with E-state index in [9.17, 15) is 0 Å². The van der Waals surface area contributed by atoms with Crippen LogP contribution in [0.2, 0.25) is 0 Å². The lowest BCUT2D eigenvalue weighted by Gasteiger charge is -2.06. The fraction of sp³-hybridized carbons (Fsp3) is 0.333. The molecule has 1 rings (SSSR count). The quantitative estimate of drug-likeness (QED) is 0.545. The topological polar surface area (TPSA) is 30.2 Å². The van der Waals surface area contributed by atoms with Gasteiger partial charge in [0.15, 0.2) is 0 Å². The predicted octanol–water partition coefficient (Wildman–Crippen LogP) is 3.29. The van der Waals surface area contributed by atoms with Crippen LogP contribution in [-0.4, -0.2) is 15.8 Å². The van der Waals surface area contributed by atoms with Crippen LogP contribution < -0.4 is 0 Å². The fourth-order valence-corrected chi connectivity index (χ4v) is 1.22. The van der Waals surface area contributed by atoms with E-state index in [2.05, 4.69) is 30.4 Å². The van der Waals surface area contributed by atoms with Gasteiger partial charge in [-0.3, -0.25) is 4.57 Å². The third kappa shape index (κ3) is 2.91. The molecular formula is C12H17N3. The molecule has 0 saturated carbocycles. The lowest BCUT2D eigenvalue weighted by atomic mass is 10.1. The summed E-state index contributed by atoms with van der Waals surface area (Å²) in [6.45, 7) is 9.94. The molecule has 0 aromatic carbocycles. The second kappa shape index (κ2) is 5.29. The zero-order valence-corrected chi connectivity index (χ0v) is 9.51. The van der Waals surface area contributed by atoms with Gasteiger partial charge in [-0.05, 0) is 18.4 Å². The highest BCUT2D eigenvalue weighted by atomic mass is 15.1. The van der Waals surface area contributed by atoms with Gasteiger partial charge in [0.05, 0.1) is 0 Å². The highest BCUT2D eigenvalue weighted by Crippen LogP contribution is 2.15. The molecule has 15 heavy (non-hydrogen) atoms. The van der Waals surface area contributed by atoms with E-state index in [1.165, 1.54) is 5.57 Å². The molecule has 0 spiro atoms. The number of imidazole rings is 1. The maximum atomic E-state index is 4.16. The van der Waals surface area contributed by atoms with Crippen LogP contribution in [0.25, 0.3) is 6.20 Å². The molecule has 0 unspecified atom stereocenters. The van der Waals surface area contributed by atoms with Crippen molar-refractivity contribution in [3.8, 4) is 0 Å². The van der Waals surface area contributed by atoms with Gasteiger partial charge in [0.1, 0.15) is 0 Å². The molecule has 80 valence electrons. The number of allylic oxidation sites excluding steroid dienone is 2. The molecule has 3 heteroatoms. The van der Waals surface area contributed by atoms with E-state index in [1.54, 1.807) is 12.4 Å². The Kier molecular flexibility index (Phi) is 4.03. The smallest absolute Gasteiger partial charge is 0.233 e. The number of aromatic nitrogens is 2. The van der Waals surface area contributed by atoms with Crippen molar-refractivity contribution < 1.29 is 0 Å². The van der Waals surface area contributed by atoms with Crippen molar-refractivity contribution in [2.45, 2.75) is 20.8 Å². The Morgan fingerprint density at radius 1 is 1.60 bits per heavy atom. The van der Waals surface area contributed by atoms with Gasteiger partial charge in [-0.25, -0.2) is 9.98 Å². The molecule has 0 bridgehead atoms. The highest BCUT2D eigenvalue weighted by Gasteiger charge is 2.01. The molecule has 1 aromatic heterocycles. The minimum atomic E-state index is 0.448. The summed E-state index contributed by atoms with van der Waals surface area (Å²) in [5.41, 5.74) is 1.17. The van der Waals surface area contributed by atoms with Gasteiger partial charge in [0.25, 0.3) is 0 Å². The minimum Gasteiger partial charge on any atom is -0.291 e. The SMILES string of the molecule is C=C/C(=C\n1ccnc1N=CC)C(C)C. The first-order valence-electron chi connectivity index (χ1n) is 5.04. The molecule has 0 atom stereocenters. The van der Waals surface area contributed by atoms with Crippen LogP contribution in [0.15, 0.2) is 35.6 Å². The van der Waals surface area contributed by atoms with Crippen LogP contribution in [0.5, 0.6) is 0 Å². The second-order valence-electron chi connectivity index (χ2n) is 3.51. The predicted molar refractivity (Wildman–Crippen MR) is 65.4 cm³/mol. The summed E-state index contributed by atoms with van der Waals surface area (Å²) in [5.74, 6) is 1.14. The first-order valence-corrected chi connectivity index (χ1v) is 5.04. The van der Waals surface area contributed by atoms with Gasteiger partial charge in [-0.15, -0.1) is 0 Å². The van der Waals surface area contributed by atoms with Gasteiger partial charge in [0, 0.05) is 24.8 Å². The van der Waals surface area contributed by atoms with Gasteiger partial charge < -0.3 is 0 Å². The van der Waals surface area contributed by atoms with Crippen molar-refractivity contribution in [2.24, 2.45) is 10.9 Å². The Morgan fingerprint density at radius 2 is 2.33 bits per heavy atom. The molecule has 0 aliphatic heterocycles. The third-order valence-corrected chi connectivity index (χ3v) is 2.08. The summed E-state index contributed by atoms with van der Waals surface area (Å²) >= 11 is 0. The van der Waals surface area contributed by atoms with Crippen LogP contribution in [-0.2, 0) is 0 Å². The number of aliphatic imine (C=N–C) groups is 1. The molecule has 0 aliphatic rings. The van der Waals surface area contributed by atoms with Crippen molar-refractivity contribution in [2.75, 3.05) is 0 Å². The first kappa shape index (κ1) is 11.4. The normalized spacial score (nSPS) is 12.7. The van der Waals surface area contributed by atoms with E-state index in [4.69, 9.17) is 0 Å². The molecule has 0 fully saturated rings. The largest absolute Gasteiger partial charge is 0.291 e. The van der Waals surface area contributed by atoms with Gasteiger partial charge in [0.2, 0.25) is 5.95 Å². The molecule has 1 heterocycles. The zero-order valence-electron chi connectivity index (χ0n) is 9.51. The number of hydrogen-bond acceptors (Lipinski definition) is 2. The summed E-state index contributed by atoms with van der Waals surface area (Å²) in [5, 5.41) is 0. The maximum Gasteiger partial charge on any atom is 0.233 e. The molecular weight excluding hydrogens is 186 g/mol. The van der Waals surface area contributed by atoms with E-state index in [0.717, 1.165) is 0 Å². The molecule has 3 nitrogen and oxygen atoms in total. The van der Waals surface area contributed by atoms with Crippen LogP contribution in [0.4, 0.5) is 5.95 Å². The summed E-state index contributed by atoms with van der Waals surface area (Å²) in [7, 11) is 0. The lowest BCUT2D eigenvalue weighted by Crippen LogP contribution is -1.93. The van der Waals surface area contributed by atoms with Crippen molar-refractivity contribution >= 4 is 18.4 Å². The molecule has 0 amide bonds. The lowest BCUT2D eigenvalue weighted by molar-refractivity contribution is 0.792. The fourth-order valence-electron chi connectivity index (χ4n) is 1.22. The van der Waals surface area contributed by atoms with E-state index in [1.807, 2.05) is 30.0 Å². The Bertz CT molecular complexity index is 383. The molecule has 0 radical (unpaired) electrons. The highest BCUT2D eigenvalue weighted by molar-refractivity contribution is 5.58. The Labute approximate surface area is 90.9 Å². The Balaban J connectivity index is 3.05. The van der Waals surface area contributed by atoms with Crippen LogP contribution >= 0.6 is 0 Å². The standard InChI is InChI=1S/C12H17N3/c1-5-11(10(3)4)9-15-8-7-14-12(15)13-6-2/h5-10H,1H2,2-4H3/b11-9+,13-6?. The van der Waals surface area contributed by atoms with Crippen molar-refractivity contribution in [3.63, 3.8) is 0 Å². The summed E-state index contributed by atoms with van der Waals surface area (Å²) < 4.78 is 1.90. The average molecular weight is 203 g/mol. The van der Waals surface area contributed by atoms with Gasteiger partial charge >= 0.3 is 0 Å². The summed E-state index contributed by atoms with van der Waals surface area (Å²) in [6, 6.07) is 0. The summed E-state index contributed by atoms with van der Waals surface area (Å²) in [6.07, 6.45) is 9.22. The van der Waals surface area contributed by atoms with Crippen LogP contribution in [0, 0.1) is 5.92 Å². The van der Waals surface area contributed by atoms with Crippen molar-refractivity contribution in [3.05, 3.63) is 30.6 Å². The van der Waals surface area contributed by atoms with Crippen molar-refractivity contribution in [1.29, 1.82) is 0 Å². The first-order chi connectivity index (χ1) is 7.19. The third-order valence-electron chi connectivity index (χ3n) is 2.08. The van der Waals surface area contributed by atoms with E-state index in [0.29, 0.717) is 11.9 Å². The number of rotatable bonds is 4. The average Bonchev–Trinajstić information content (AvgIpc) is 2.62. The zero-order chi connectivity index (χ0) is 11.3. The Morgan fingerprint density at radius 3 is 2.87 bits per heavy atom. The molecule has 0 N–H and O–H groups in total. The second-order valence-corrected chi connectivity index (χ2v) is 3.51. The summed E-state index contributed by atoms with van der Waals surface area (Å²) in [4.78, 5) is 8.30. The minimum absolute atomic E-state index is 0.448. The maximum absolute atomic E-state index is 4.16. The molecule has 1 aromatic rings. The number of nitrogens with zero attached hydrogens (tertiary/aromatic N) is 3. The molecule has 0 aliphatic carbocycles. The monoisotopic (exact) mass is 203 g/mol. The molecule has 0 saturated heterocycles. The number of hydrogen-bond donors (Lipinski definition) is 0. The Hall–Kier alpha value is -1.64.